The van der Waals surface area contributed by atoms with Gasteiger partial charge in [-0.15, -0.1) is 0 Å². The van der Waals surface area contributed by atoms with Crippen LogP contribution < -0.4 is 10.6 Å². The summed E-state index contributed by atoms with van der Waals surface area (Å²) in [5.74, 6) is -2.14. The smallest absolute Gasteiger partial charge is 0.407 e. The molecule has 1 rings (SSSR count). The monoisotopic (exact) mass is 536 g/mol. The Morgan fingerprint density at radius 1 is 0.973 bits per heavy atom. The van der Waals surface area contributed by atoms with Crippen molar-refractivity contribution in [1.82, 2.24) is 10.6 Å². The third-order valence-electron chi connectivity index (χ3n) is 6.64. The van der Waals surface area contributed by atoms with E-state index in [1.807, 2.05) is 18.2 Å². The molecule has 0 saturated heterocycles. The zero-order valence-corrected chi connectivity index (χ0v) is 25.0. The second-order valence-electron chi connectivity index (χ2n) is 12.1. The van der Waals surface area contributed by atoms with Gasteiger partial charge in [0.25, 0.3) is 0 Å². The molecule has 0 aliphatic heterocycles. The standard InChI is InChI=1S/C28H48N2O6Si/c1-27(2,3)36-26(34)29-19-22(20-35-37(7,8)28(4,5)6)24(25(32)33)30-23(31)18-14-10-13-17-21-15-11-9-12-16-21/h9,11-12,15-16,22,24H,10,13-14,17-20H2,1-8H3,(H,29,34)(H,30,31)(H,32,33). The Labute approximate surface area is 224 Å². The number of carboxylic acids is 1. The quantitative estimate of drug-likeness (QED) is 0.213. The molecule has 0 fully saturated rings. The van der Waals surface area contributed by atoms with Crippen LogP contribution in [0.15, 0.2) is 30.3 Å². The second-order valence-corrected chi connectivity index (χ2v) is 17.0. The van der Waals surface area contributed by atoms with Gasteiger partial charge in [-0.1, -0.05) is 57.5 Å². The fraction of sp³-hybridized carbons (Fsp3) is 0.679. The zero-order valence-electron chi connectivity index (χ0n) is 24.0. The number of aryl methyl sites for hydroxylation is 1. The largest absolute Gasteiger partial charge is 0.480 e. The Hall–Kier alpha value is -2.39. The zero-order chi connectivity index (χ0) is 28.3. The highest BCUT2D eigenvalue weighted by Gasteiger charge is 2.39. The number of carbonyl (C=O) groups excluding carboxylic acids is 2. The Kier molecular flexibility index (Phi) is 12.8. The Morgan fingerprint density at radius 3 is 2.14 bits per heavy atom. The van der Waals surface area contributed by atoms with Gasteiger partial charge in [-0.2, -0.15) is 0 Å². The number of carbonyl (C=O) groups is 3. The molecular formula is C28H48N2O6Si. The second kappa shape index (κ2) is 14.5. The molecule has 2 unspecified atom stereocenters. The summed E-state index contributed by atoms with van der Waals surface area (Å²) in [6.07, 6.45) is 3.06. The van der Waals surface area contributed by atoms with Gasteiger partial charge in [0.2, 0.25) is 5.91 Å². The molecule has 2 amide bonds. The molecule has 1 aromatic rings. The van der Waals surface area contributed by atoms with Crippen LogP contribution in [0.2, 0.25) is 18.1 Å². The molecular weight excluding hydrogens is 488 g/mol. The van der Waals surface area contributed by atoms with Crippen molar-refractivity contribution in [2.24, 2.45) is 5.92 Å². The van der Waals surface area contributed by atoms with Crippen molar-refractivity contribution in [3.8, 4) is 0 Å². The topological polar surface area (TPSA) is 114 Å². The first-order valence-electron chi connectivity index (χ1n) is 13.2. The maximum atomic E-state index is 12.7. The third kappa shape index (κ3) is 13.1. The fourth-order valence-corrected chi connectivity index (χ4v) is 4.46. The van der Waals surface area contributed by atoms with Gasteiger partial charge in [0, 0.05) is 25.5 Å². The van der Waals surface area contributed by atoms with E-state index >= 15 is 0 Å². The van der Waals surface area contributed by atoms with Crippen LogP contribution >= 0.6 is 0 Å². The van der Waals surface area contributed by atoms with Crippen LogP contribution in [0.4, 0.5) is 4.79 Å². The highest BCUT2D eigenvalue weighted by Crippen LogP contribution is 2.36. The van der Waals surface area contributed by atoms with Gasteiger partial charge >= 0.3 is 12.1 Å². The predicted octanol–water partition coefficient (Wildman–Crippen LogP) is 5.52. The van der Waals surface area contributed by atoms with E-state index in [0.717, 1.165) is 19.3 Å². The first-order chi connectivity index (χ1) is 17.0. The van der Waals surface area contributed by atoms with E-state index in [9.17, 15) is 19.5 Å². The number of benzene rings is 1. The van der Waals surface area contributed by atoms with E-state index in [4.69, 9.17) is 9.16 Å². The number of amides is 2. The number of aliphatic carboxylic acids is 1. The normalized spacial score (nSPS) is 13.9. The van der Waals surface area contributed by atoms with Gasteiger partial charge in [-0.3, -0.25) is 4.79 Å². The molecule has 1 aromatic carbocycles. The molecule has 0 saturated carbocycles. The van der Waals surface area contributed by atoms with E-state index in [1.165, 1.54) is 5.56 Å². The lowest BCUT2D eigenvalue weighted by Crippen LogP contribution is -2.53. The van der Waals surface area contributed by atoms with Gasteiger partial charge in [0.15, 0.2) is 8.32 Å². The van der Waals surface area contributed by atoms with Crippen LogP contribution in [0.1, 0.15) is 72.8 Å². The van der Waals surface area contributed by atoms with E-state index < -0.39 is 37.9 Å². The van der Waals surface area contributed by atoms with Crippen LogP contribution in [-0.2, 0) is 25.2 Å². The van der Waals surface area contributed by atoms with Crippen molar-refractivity contribution in [2.45, 2.75) is 103 Å². The van der Waals surface area contributed by atoms with Crippen molar-refractivity contribution in [1.29, 1.82) is 0 Å². The molecule has 37 heavy (non-hydrogen) atoms. The molecule has 0 bridgehead atoms. The minimum atomic E-state index is -2.19. The summed E-state index contributed by atoms with van der Waals surface area (Å²) in [6, 6.07) is 8.98. The minimum Gasteiger partial charge on any atom is -0.480 e. The number of carboxylic acid groups (broad SMARTS) is 1. The van der Waals surface area contributed by atoms with E-state index in [2.05, 4.69) is 56.6 Å². The molecule has 0 heterocycles. The number of hydrogen-bond acceptors (Lipinski definition) is 5. The van der Waals surface area contributed by atoms with Gasteiger partial charge in [-0.05, 0) is 63.7 Å². The first kappa shape index (κ1) is 32.6. The van der Waals surface area contributed by atoms with Crippen molar-refractivity contribution >= 4 is 26.3 Å². The maximum absolute atomic E-state index is 12.7. The summed E-state index contributed by atoms with van der Waals surface area (Å²) in [6.45, 7) is 15.8. The van der Waals surface area contributed by atoms with Crippen molar-refractivity contribution in [3.05, 3.63) is 35.9 Å². The van der Waals surface area contributed by atoms with Gasteiger partial charge in [-0.25, -0.2) is 9.59 Å². The fourth-order valence-electron chi connectivity index (χ4n) is 3.40. The lowest BCUT2D eigenvalue weighted by atomic mass is 10.00. The first-order valence-corrected chi connectivity index (χ1v) is 16.1. The summed E-state index contributed by atoms with van der Waals surface area (Å²) in [5, 5.41) is 15.2. The predicted molar refractivity (Wildman–Crippen MR) is 149 cm³/mol. The Balaban J connectivity index is 2.77. The number of nitrogens with one attached hydrogen (secondary N) is 2. The molecule has 0 radical (unpaired) electrons. The molecule has 8 nitrogen and oxygen atoms in total. The summed E-state index contributed by atoms with van der Waals surface area (Å²) in [5.41, 5.74) is 0.581. The maximum Gasteiger partial charge on any atom is 0.407 e. The highest BCUT2D eigenvalue weighted by atomic mass is 28.4. The summed E-state index contributed by atoms with van der Waals surface area (Å²) < 4.78 is 11.6. The number of unbranched alkanes of at least 4 members (excludes halogenated alkanes) is 2. The summed E-state index contributed by atoms with van der Waals surface area (Å²) in [4.78, 5) is 37.1. The van der Waals surface area contributed by atoms with Gasteiger partial charge in [0.1, 0.15) is 11.6 Å². The van der Waals surface area contributed by atoms with E-state index in [0.29, 0.717) is 6.42 Å². The SMILES string of the molecule is CC(C)(C)OC(=O)NCC(CO[Si](C)(C)C(C)(C)C)C(NC(=O)CCCCCc1ccccc1)C(=O)O. The van der Waals surface area contributed by atoms with Crippen LogP contribution in [0.3, 0.4) is 0 Å². The number of rotatable bonds is 14. The van der Waals surface area contributed by atoms with Gasteiger partial charge in [0.05, 0.1) is 0 Å². The van der Waals surface area contributed by atoms with Crippen LogP contribution in [0.25, 0.3) is 0 Å². The molecule has 0 aromatic heterocycles. The third-order valence-corrected chi connectivity index (χ3v) is 11.1. The average Bonchev–Trinajstić information content (AvgIpc) is 2.76. The van der Waals surface area contributed by atoms with Crippen molar-refractivity contribution in [2.75, 3.05) is 13.2 Å². The van der Waals surface area contributed by atoms with Crippen LogP contribution in [-0.4, -0.2) is 56.2 Å². The summed E-state index contributed by atoms with van der Waals surface area (Å²) in [7, 11) is -2.19. The molecule has 3 N–H and O–H groups in total. The number of hydrogen-bond donors (Lipinski definition) is 3. The lowest BCUT2D eigenvalue weighted by Gasteiger charge is -2.38. The Bertz CT molecular complexity index is 862. The molecule has 0 aliphatic rings. The molecule has 0 aliphatic carbocycles. The molecule has 2 atom stereocenters. The van der Waals surface area contributed by atoms with E-state index in [1.54, 1.807) is 20.8 Å². The van der Waals surface area contributed by atoms with Crippen LogP contribution in [0, 0.1) is 5.92 Å². The Morgan fingerprint density at radius 2 is 1.59 bits per heavy atom. The number of ether oxygens (including phenoxy) is 1. The van der Waals surface area contributed by atoms with E-state index in [-0.39, 0.29) is 30.5 Å². The minimum absolute atomic E-state index is 0.00212. The van der Waals surface area contributed by atoms with Crippen molar-refractivity contribution < 1.29 is 28.7 Å². The van der Waals surface area contributed by atoms with Gasteiger partial charge < -0.3 is 24.9 Å². The molecule has 0 spiro atoms. The lowest BCUT2D eigenvalue weighted by molar-refractivity contribution is -0.144. The average molecular weight is 537 g/mol. The number of alkyl carbamates (subject to hydrolysis) is 1. The van der Waals surface area contributed by atoms with Crippen LogP contribution in [0.5, 0.6) is 0 Å². The van der Waals surface area contributed by atoms with Crippen molar-refractivity contribution in [3.63, 3.8) is 0 Å². The molecule has 210 valence electrons. The highest BCUT2D eigenvalue weighted by molar-refractivity contribution is 6.74. The summed E-state index contributed by atoms with van der Waals surface area (Å²) >= 11 is 0. The molecule has 9 heteroatoms.